The van der Waals surface area contributed by atoms with Gasteiger partial charge in [0.2, 0.25) is 0 Å². The summed E-state index contributed by atoms with van der Waals surface area (Å²) in [4.78, 5) is 10.9. The zero-order chi connectivity index (χ0) is 9.97. The highest BCUT2D eigenvalue weighted by Gasteiger charge is 2.30. The zero-order valence-electron chi connectivity index (χ0n) is 8.57. The molecule has 0 heterocycles. The number of carbonyl (C=O) groups is 1. The molecule has 1 aliphatic rings. The minimum atomic E-state index is 0.261. The monoisotopic (exact) mass is 188 g/mol. The predicted molar refractivity (Wildman–Crippen MR) is 57.2 cm³/mol. The first kappa shape index (κ1) is 9.45. The summed E-state index contributed by atoms with van der Waals surface area (Å²) in [5.74, 6) is 0.935. The van der Waals surface area contributed by atoms with Crippen LogP contribution in [0.15, 0.2) is 24.3 Å². The van der Waals surface area contributed by atoms with Crippen molar-refractivity contribution in [2.24, 2.45) is 11.8 Å². The van der Waals surface area contributed by atoms with Crippen molar-refractivity contribution in [1.82, 2.24) is 0 Å². The second kappa shape index (κ2) is 3.95. The van der Waals surface area contributed by atoms with Crippen LogP contribution >= 0.6 is 0 Å². The number of hydrogen-bond donors (Lipinski definition) is 0. The van der Waals surface area contributed by atoms with E-state index in [2.05, 4.69) is 31.2 Å². The number of aryl methyl sites for hydroxylation is 1. The van der Waals surface area contributed by atoms with Gasteiger partial charge in [0.25, 0.3) is 0 Å². The Morgan fingerprint density at radius 2 is 2.29 bits per heavy atom. The summed E-state index contributed by atoms with van der Waals surface area (Å²) in [7, 11) is 0. The molecule has 1 atom stereocenters. The molecule has 1 unspecified atom stereocenters. The SMILES string of the molecule is Cc1cccc(CC(C=O)C2CC2)c1. The lowest BCUT2D eigenvalue weighted by molar-refractivity contribution is -0.111. The smallest absolute Gasteiger partial charge is 0.123 e. The van der Waals surface area contributed by atoms with Gasteiger partial charge in [-0.2, -0.15) is 0 Å². The van der Waals surface area contributed by atoms with E-state index in [1.54, 1.807) is 0 Å². The molecule has 1 heteroatoms. The molecule has 1 saturated carbocycles. The zero-order valence-corrected chi connectivity index (χ0v) is 8.57. The Kier molecular flexibility index (Phi) is 2.67. The van der Waals surface area contributed by atoms with Gasteiger partial charge in [-0.15, -0.1) is 0 Å². The highest BCUT2D eigenvalue weighted by molar-refractivity contribution is 5.55. The highest BCUT2D eigenvalue weighted by atomic mass is 16.1. The average Bonchev–Trinajstić information content (AvgIpc) is 2.97. The molecule has 1 aromatic carbocycles. The Hall–Kier alpha value is -1.11. The van der Waals surface area contributed by atoms with Crippen LogP contribution < -0.4 is 0 Å². The first-order chi connectivity index (χ1) is 6.79. The Balaban J connectivity index is 2.04. The van der Waals surface area contributed by atoms with Gasteiger partial charge in [-0.05, 0) is 37.7 Å². The molecular formula is C13H16O. The van der Waals surface area contributed by atoms with Gasteiger partial charge in [0.1, 0.15) is 6.29 Å². The fourth-order valence-electron chi connectivity index (χ4n) is 1.96. The van der Waals surface area contributed by atoms with Gasteiger partial charge in [0.15, 0.2) is 0 Å². The highest BCUT2D eigenvalue weighted by Crippen LogP contribution is 2.37. The van der Waals surface area contributed by atoms with Crippen molar-refractivity contribution in [1.29, 1.82) is 0 Å². The summed E-state index contributed by atoms with van der Waals surface area (Å²) in [6.07, 6.45) is 4.56. The molecule has 0 N–H and O–H groups in total. The number of benzene rings is 1. The van der Waals surface area contributed by atoms with Crippen molar-refractivity contribution < 1.29 is 4.79 Å². The van der Waals surface area contributed by atoms with Crippen LogP contribution in [0.4, 0.5) is 0 Å². The van der Waals surface area contributed by atoms with E-state index in [9.17, 15) is 4.79 Å². The van der Waals surface area contributed by atoms with E-state index < -0.39 is 0 Å². The van der Waals surface area contributed by atoms with E-state index in [1.807, 2.05) is 0 Å². The maximum absolute atomic E-state index is 10.9. The average molecular weight is 188 g/mol. The molecule has 0 radical (unpaired) electrons. The van der Waals surface area contributed by atoms with Crippen LogP contribution in [0, 0.1) is 18.8 Å². The van der Waals surface area contributed by atoms with Crippen LogP contribution in [0.3, 0.4) is 0 Å². The molecule has 0 aromatic heterocycles. The molecule has 14 heavy (non-hydrogen) atoms. The van der Waals surface area contributed by atoms with E-state index in [0.717, 1.165) is 12.7 Å². The van der Waals surface area contributed by atoms with Gasteiger partial charge in [-0.1, -0.05) is 29.8 Å². The van der Waals surface area contributed by atoms with Crippen molar-refractivity contribution in [3.8, 4) is 0 Å². The quantitative estimate of drug-likeness (QED) is 0.664. The van der Waals surface area contributed by atoms with Crippen LogP contribution in [0.2, 0.25) is 0 Å². The van der Waals surface area contributed by atoms with Crippen molar-refractivity contribution >= 4 is 6.29 Å². The molecule has 1 aliphatic carbocycles. The molecule has 1 aromatic rings. The Bertz CT molecular complexity index is 326. The van der Waals surface area contributed by atoms with Gasteiger partial charge in [0.05, 0.1) is 0 Å². The Labute approximate surface area is 85.1 Å². The van der Waals surface area contributed by atoms with Crippen LogP contribution in [0.25, 0.3) is 0 Å². The molecule has 0 saturated heterocycles. The number of hydrogen-bond acceptors (Lipinski definition) is 1. The largest absolute Gasteiger partial charge is 0.303 e. The number of aldehydes is 1. The van der Waals surface area contributed by atoms with Crippen molar-refractivity contribution in [2.45, 2.75) is 26.2 Å². The third-order valence-electron chi connectivity index (χ3n) is 2.96. The second-order valence-electron chi connectivity index (χ2n) is 4.33. The molecular weight excluding hydrogens is 172 g/mol. The molecule has 74 valence electrons. The van der Waals surface area contributed by atoms with Gasteiger partial charge >= 0.3 is 0 Å². The minimum absolute atomic E-state index is 0.261. The summed E-state index contributed by atoms with van der Waals surface area (Å²) >= 11 is 0. The lowest BCUT2D eigenvalue weighted by Gasteiger charge is -2.08. The molecule has 0 spiro atoms. The van der Waals surface area contributed by atoms with E-state index in [1.165, 1.54) is 24.0 Å². The maximum Gasteiger partial charge on any atom is 0.123 e. The van der Waals surface area contributed by atoms with Gasteiger partial charge < -0.3 is 4.79 Å². The lowest BCUT2D eigenvalue weighted by atomic mass is 9.95. The van der Waals surface area contributed by atoms with Crippen LogP contribution in [0.1, 0.15) is 24.0 Å². The molecule has 1 nitrogen and oxygen atoms in total. The van der Waals surface area contributed by atoms with Gasteiger partial charge in [-0.3, -0.25) is 0 Å². The van der Waals surface area contributed by atoms with Crippen molar-refractivity contribution in [2.75, 3.05) is 0 Å². The standard InChI is InChI=1S/C13H16O/c1-10-3-2-4-11(7-10)8-13(9-14)12-5-6-12/h2-4,7,9,12-13H,5-6,8H2,1H3. The van der Waals surface area contributed by atoms with Crippen LogP contribution in [-0.2, 0) is 11.2 Å². The number of carbonyl (C=O) groups excluding carboxylic acids is 1. The predicted octanol–water partition coefficient (Wildman–Crippen LogP) is 2.76. The lowest BCUT2D eigenvalue weighted by Crippen LogP contribution is -2.08. The summed E-state index contributed by atoms with van der Waals surface area (Å²) in [6, 6.07) is 8.46. The topological polar surface area (TPSA) is 17.1 Å². The molecule has 2 rings (SSSR count). The summed E-state index contributed by atoms with van der Waals surface area (Å²) < 4.78 is 0. The summed E-state index contributed by atoms with van der Waals surface area (Å²) in [5.41, 5.74) is 2.58. The molecule has 1 fully saturated rings. The van der Waals surface area contributed by atoms with Gasteiger partial charge in [-0.25, -0.2) is 0 Å². The summed E-state index contributed by atoms with van der Waals surface area (Å²) in [5, 5.41) is 0. The van der Waals surface area contributed by atoms with Gasteiger partial charge in [0, 0.05) is 5.92 Å². The van der Waals surface area contributed by atoms with E-state index >= 15 is 0 Å². The van der Waals surface area contributed by atoms with E-state index in [0.29, 0.717) is 5.92 Å². The third-order valence-corrected chi connectivity index (χ3v) is 2.96. The minimum Gasteiger partial charge on any atom is -0.303 e. The first-order valence-electron chi connectivity index (χ1n) is 5.30. The van der Waals surface area contributed by atoms with Crippen LogP contribution in [-0.4, -0.2) is 6.29 Å². The van der Waals surface area contributed by atoms with Crippen molar-refractivity contribution in [3.63, 3.8) is 0 Å². The Morgan fingerprint density at radius 1 is 1.50 bits per heavy atom. The third kappa shape index (κ3) is 2.22. The second-order valence-corrected chi connectivity index (χ2v) is 4.33. The van der Waals surface area contributed by atoms with Crippen LogP contribution in [0.5, 0.6) is 0 Å². The van der Waals surface area contributed by atoms with E-state index in [-0.39, 0.29) is 5.92 Å². The number of rotatable bonds is 4. The van der Waals surface area contributed by atoms with E-state index in [4.69, 9.17) is 0 Å². The molecule has 0 bridgehead atoms. The van der Waals surface area contributed by atoms with Crippen molar-refractivity contribution in [3.05, 3.63) is 35.4 Å². The Morgan fingerprint density at radius 3 is 2.86 bits per heavy atom. The fraction of sp³-hybridized carbons (Fsp3) is 0.462. The first-order valence-corrected chi connectivity index (χ1v) is 5.30. The normalized spacial score (nSPS) is 17.8. The fourth-order valence-corrected chi connectivity index (χ4v) is 1.96. The molecule has 0 aliphatic heterocycles. The molecule has 0 amide bonds. The maximum atomic E-state index is 10.9. The summed E-state index contributed by atoms with van der Waals surface area (Å²) in [6.45, 7) is 2.09.